The third-order valence-corrected chi connectivity index (χ3v) is 5.90. The highest BCUT2D eigenvalue weighted by Gasteiger charge is 2.31. The summed E-state index contributed by atoms with van der Waals surface area (Å²) >= 11 is 0. The van der Waals surface area contributed by atoms with E-state index in [9.17, 15) is 9.59 Å². The molecule has 4 heterocycles. The lowest BCUT2D eigenvalue weighted by Gasteiger charge is -2.25. The van der Waals surface area contributed by atoms with Crippen LogP contribution in [0.5, 0.6) is 11.5 Å². The molecule has 5 rings (SSSR count). The van der Waals surface area contributed by atoms with Crippen molar-refractivity contribution in [1.82, 2.24) is 24.8 Å². The van der Waals surface area contributed by atoms with E-state index in [4.69, 9.17) is 14.5 Å². The number of imidazole rings is 1. The van der Waals surface area contributed by atoms with Crippen LogP contribution in [0.25, 0.3) is 22.6 Å². The van der Waals surface area contributed by atoms with Gasteiger partial charge in [0, 0.05) is 37.5 Å². The van der Waals surface area contributed by atoms with E-state index in [1.807, 2.05) is 35.2 Å². The zero-order valence-corrected chi connectivity index (χ0v) is 18.8. The first-order chi connectivity index (χ1) is 16.5. The van der Waals surface area contributed by atoms with Gasteiger partial charge in [-0.25, -0.2) is 9.78 Å². The highest BCUT2D eigenvalue weighted by atomic mass is 16.5. The summed E-state index contributed by atoms with van der Waals surface area (Å²) in [6, 6.07) is 10.9. The van der Waals surface area contributed by atoms with Crippen molar-refractivity contribution in [2.24, 2.45) is 0 Å². The van der Waals surface area contributed by atoms with Gasteiger partial charge in [0.2, 0.25) is 5.91 Å². The summed E-state index contributed by atoms with van der Waals surface area (Å²) in [5, 5.41) is 0. The molecule has 3 aromatic heterocycles. The van der Waals surface area contributed by atoms with E-state index in [-0.39, 0.29) is 17.5 Å². The van der Waals surface area contributed by atoms with Crippen molar-refractivity contribution in [3.63, 3.8) is 0 Å². The molecule has 9 nitrogen and oxygen atoms in total. The van der Waals surface area contributed by atoms with Crippen LogP contribution >= 0.6 is 0 Å². The van der Waals surface area contributed by atoms with E-state index in [1.165, 1.54) is 19.5 Å². The monoisotopic (exact) mass is 457 g/mol. The summed E-state index contributed by atoms with van der Waals surface area (Å²) < 4.78 is 11.0. The van der Waals surface area contributed by atoms with Gasteiger partial charge in [-0.3, -0.25) is 14.8 Å². The molecule has 172 valence electrons. The van der Waals surface area contributed by atoms with Crippen molar-refractivity contribution in [1.29, 1.82) is 0 Å². The van der Waals surface area contributed by atoms with E-state index in [0.29, 0.717) is 29.4 Å². The lowest BCUT2D eigenvalue weighted by molar-refractivity contribution is -0.129. The summed E-state index contributed by atoms with van der Waals surface area (Å²) in [4.78, 5) is 42.6. The average molecular weight is 457 g/mol. The number of carbonyl (C=O) groups excluding carboxylic acids is 2. The lowest BCUT2D eigenvalue weighted by atomic mass is 10.0. The van der Waals surface area contributed by atoms with Gasteiger partial charge in [-0.05, 0) is 37.1 Å². The van der Waals surface area contributed by atoms with Gasteiger partial charge < -0.3 is 19.4 Å². The number of nitrogens with zero attached hydrogens (tertiary/aromatic N) is 4. The minimum Gasteiger partial charge on any atom is -0.465 e. The Bertz CT molecular complexity index is 1370. The zero-order valence-electron chi connectivity index (χ0n) is 18.8. The van der Waals surface area contributed by atoms with E-state index < -0.39 is 5.97 Å². The topological polar surface area (TPSA) is 110 Å². The molecule has 34 heavy (non-hydrogen) atoms. The Kier molecular flexibility index (Phi) is 5.67. The number of rotatable bonds is 5. The van der Waals surface area contributed by atoms with Crippen LogP contribution in [0.3, 0.4) is 0 Å². The molecule has 0 aliphatic carbocycles. The first-order valence-corrected chi connectivity index (χ1v) is 11.0. The van der Waals surface area contributed by atoms with Crippen molar-refractivity contribution < 1.29 is 19.1 Å². The Morgan fingerprint density at radius 2 is 2.06 bits per heavy atom. The molecule has 0 radical (unpaired) electrons. The zero-order chi connectivity index (χ0) is 23.7. The van der Waals surface area contributed by atoms with Crippen molar-refractivity contribution in [2.45, 2.75) is 25.8 Å². The number of carbonyl (C=O) groups is 2. The number of aromatic nitrogens is 4. The summed E-state index contributed by atoms with van der Waals surface area (Å²) in [7, 11) is 1.31. The number of benzene rings is 1. The first kappa shape index (κ1) is 21.6. The maximum absolute atomic E-state index is 12.3. The molecule has 0 spiro atoms. The summed E-state index contributed by atoms with van der Waals surface area (Å²) in [6.45, 7) is 2.27. The number of hydrogen-bond acceptors (Lipinski definition) is 7. The minimum atomic E-state index is -0.500. The van der Waals surface area contributed by atoms with E-state index >= 15 is 0 Å². The Morgan fingerprint density at radius 3 is 2.82 bits per heavy atom. The van der Waals surface area contributed by atoms with Gasteiger partial charge in [0.25, 0.3) is 0 Å². The van der Waals surface area contributed by atoms with Gasteiger partial charge in [-0.15, -0.1) is 0 Å². The standard InChI is InChI=1S/C25H23N5O4/c1-15(31)30-9-5-7-22(30)18-11-20-21(29-24(28-20)19-6-3-4-8-27-19)12-23(18)34-17-10-16(13-26-14-17)25(32)33-2/h3-4,6,8,10-14,22H,5,7,9H2,1-2H3,(H,28,29). The number of fused-ring (bicyclic) bond motifs is 1. The molecule has 1 atom stereocenters. The fourth-order valence-corrected chi connectivity index (χ4v) is 4.33. The second-order valence-electron chi connectivity index (χ2n) is 8.08. The predicted molar refractivity (Wildman–Crippen MR) is 124 cm³/mol. The summed E-state index contributed by atoms with van der Waals surface area (Å²) in [6.07, 6.45) is 6.39. The molecule has 4 aromatic rings. The molecule has 1 N–H and O–H groups in total. The molecule has 1 unspecified atom stereocenters. The number of ether oxygens (including phenoxy) is 2. The average Bonchev–Trinajstić information content (AvgIpc) is 3.51. The van der Waals surface area contributed by atoms with Crippen LogP contribution in [0.1, 0.15) is 41.7 Å². The maximum Gasteiger partial charge on any atom is 0.339 e. The molecule has 1 saturated heterocycles. The van der Waals surface area contributed by atoms with Crippen LogP contribution in [0.2, 0.25) is 0 Å². The van der Waals surface area contributed by atoms with Crippen LogP contribution < -0.4 is 4.74 Å². The fraction of sp³-hybridized carbons (Fsp3) is 0.240. The molecule has 1 aliphatic heterocycles. The van der Waals surface area contributed by atoms with Crippen molar-refractivity contribution >= 4 is 22.9 Å². The van der Waals surface area contributed by atoms with E-state index in [1.54, 1.807) is 19.2 Å². The second kappa shape index (κ2) is 8.93. The SMILES string of the molecule is COC(=O)c1cncc(Oc2cc3nc(-c4ccccn4)[nH]c3cc2C2CCCN2C(C)=O)c1. The number of pyridine rings is 2. The molecule has 1 fully saturated rings. The van der Waals surface area contributed by atoms with Crippen LogP contribution in [0, 0.1) is 0 Å². The maximum atomic E-state index is 12.3. The Labute approximate surface area is 195 Å². The molecule has 1 aromatic carbocycles. The summed E-state index contributed by atoms with van der Waals surface area (Å²) in [5.41, 5.74) is 3.39. The molecular formula is C25H23N5O4. The molecule has 0 bridgehead atoms. The normalized spacial score (nSPS) is 15.5. The van der Waals surface area contributed by atoms with Crippen LogP contribution in [0.4, 0.5) is 0 Å². The fourth-order valence-electron chi connectivity index (χ4n) is 4.33. The number of H-pyrrole nitrogens is 1. The second-order valence-corrected chi connectivity index (χ2v) is 8.08. The van der Waals surface area contributed by atoms with E-state index in [2.05, 4.69) is 15.0 Å². The third kappa shape index (κ3) is 4.07. The largest absolute Gasteiger partial charge is 0.465 e. The molecule has 1 aliphatic rings. The van der Waals surface area contributed by atoms with Gasteiger partial charge in [0.15, 0.2) is 5.82 Å². The van der Waals surface area contributed by atoms with Crippen molar-refractivity contribution in [3.05, 3.63) is 66.1 Å². The Morgan fingerprint density at radius 1 is 1.18 bits per heavy atom. The molecule has 0 saturated carbocycles. The molecule has 1 amide bonds. The number of amides is 1. The van der Waals surface area contributed by atoms with Gasteiger partial charge in [-0.2, -0.15) is 0 Å². The van der Waals surface area contributed by atoms with Gasteiger partial charge in [0.05, 0.1) is 35.9 Å². The number of esters is 1. The summed E-state index contributed by atoms with van der Waals surface area (Å²) in [5.74, 6) is 1.09. The highest BCUT2D eigenvalue weighted by molar-refractivity contribution is 5.89. The number of methoxy groups -OCH3 is 1. The van der Waals surface area contributed by atoms with Crippen molar-refractivity contribution in [3.8, 4) is 23.0 Å². The molecule has 9 heteroatoms. The van der Waals surface area contributed by atoms with Gasteiger partial charge in [0.1, 0.15) is 17.2 Å². The predicted octanol–water partition coefficient (Wildman–Crippen LogP) is 4.28. The number of likely N-dealkylation sites (tertiary alicyclic amines) is 1. The minimum absolute atomic E-state index is 0.0155. The van der Waals surface area contributed by atoms with Gasteiger partial charge in [-0.1, -0.05) is 6.07 Å². The smallest absolute Gasteiger partial charge is 0.339 e. The van der Waals surface area contributed by atoms with Crippen LogP contribution in [0.15, 0.2) is 55.0 Å². The third-order valence-electron chi connectivity index (χ3n) is 5.90. The first-order valence-electron chi connectivity index (χ1n) is 11.0. The number of nitrogens with one attached hydrogen (secondary N) is 1. The quantitative estimate of drug-likeness (QED) is 0.445. The molecular weight excluding hydrogens is 434 g/mol. The number of hydrogen-bond donors (Lipinski definition) is 1. The Hall–Kier alpha value is -4.27. The van der Waals surface area contributed by atoms with Crippen molar-refractivity contribution in [2.75, 3.05) is 13.7 Å². The van der Waals surface area contributed by atoms with Gasteiger partial charge >= 0.3 is 5.97 Å². The lowest BCUT2D eigenvalue weighted by Crippen LogP contribution is -2.28. The number of aromatic amines is 1. The highest BCUT2D eigenvalue weighted by Crippen LogP contribution is 2.41. The van der Waals surface area contributed by atoms with Crippen LogP contribution in [-0.2, 0) is 9.53 Å². The Balaban J connectivity index is 1.61. The van der Waals surface area contributed by atoms with E-state index in [0.717, 1.165) is 29.6 Å². The van der Waals surface area contributed by atoms with Crippen LogP contribution in [-0.4, -0.2) is 50.4 Å².